The second-order valence-electron chi connectivity index (χ2n) is 11.1. The number of benzene rings is 3. The molecule has 2 atom stereocenters. The monoisotopic (exact) mass is 551 g/mol. The van der Waals surface area contributed by atoms with Crippen LogP contribution in [0, 0.1) is 0 Å². The first kappa shape index (κ1) is 26.9. The predicted octanol–water partition coefficient (Wildman–Crippen LogP) is 5.40. The molecule has 0 aliphatic carbocycles. The zero-order chi connectivity index (χ0) is 28.3. The SMILES string of the molecule is C[C@H]1CCN(C(=O)c2ccc(-c3ccc4[nH]ccc4c3)c(OCCCN3CCC[C@H]3C(N)=O)c2)c2ccccc2N1. The number of nitrogens with one attached hydrogen (secondary N) is 2. The van der Waals surface area contributed by atoms with E-state index in [1.807, 2.05) is 59.6 Å². The Balaban J connectivity index is 1.27. The standard InChI is InChI=1S/C33H37N5O3/c1-22-14-18-38(29-7-3-2-6-28(29)36-22)33(40)25-9-11-26(23-10-12-27-24(20-23)13-15-35-27)31(21-25)41-19-5-17-37-16-4-8-30(37)32(34)39/h2-3,6-7,9-13,15,20-22,30,35-36H,4-5,8,14,16-19H2,1H3,(H2,34,39)/t22-,30-/m0/s1. The molecule has 212 valence electrons. The molecule has 3 aromatic carbocycles. The Morgan fingerprint density at radius 1 is 1.02 bits per heavy atom. The van der Waals surface area contributed by atoms with Crippen molar-refractivity contribution < 1.29 is 14.3 Å². The fraction of sp³-hybridized carbons (Fsp3) is 0.333. The third kappa shape index (κ3) is 5.65. The number of amides is 2. The van der Waals surface area contributed by atoms with Gasteiger partial charge < -0.3 is 25.7 Å². The summed E-state index contributed by atoms with van der Waals surface area (Å²) in [7, 11) is 0. The number of likely N-dealkylation sites (tertiary alicyclic amines) is 1. The number of nitrogens with two attached hydrogens (primary N) is 1. The summed E-state index contributed by atoms with van der Waals surface area (Å²) < 4.78 is 6.40. The molecule has 0 spiro atoms. The van der Waals surface area contributed by atoms with E-state index in [4.69, 9.17) is 10.5 Å². The largest absolute Gasteiger partial charge is 0.493 e. The van der Waals surface area contributed by atoms with Crippen LogP contribution >= 0.6 is 0 Å². The fourth-order valence-corrected chi connectivity index (χ4v) is 6.08. The quantitative estimate of drug-likeness (QED) is 0.254. The number of aromatic amines is 1. The molecule has 0 saturated carbocycles. The molecule has 2 amide bonds. The van der Waals surface area contributed by atoms with Crippen LogP contribution in [-0.2, 0) is 4.79 Å². The number of primary amides is 1. The Bertz CT molecular complexity index is 1560. The number of hydrogen-bond donors (Lipinski definition) is 3. The van der Waals surface area contributed by atoms with Crippen molar-refractivity contribution >= 4 is 34.1 Å². The third-order valence-corrected chi connectivity index (χ3v) is 8.26. The average molecular weight is 552 g/mol. The van der Waals surface area contributed by atoms with Crippen LogP contribution in [0.15, 0.2) is 72.9 Å². The maximum Gasteiger partial charge on any atom is 0.258 e. The predicted molar refractivity (Wildman–Crippen MR) is 163 cm³/mol. The number of para-hydroxylation sites is 2. The van der Waals surface area contributed by atoms with E-state index in [1.54, 1.807) is 0 Å². The Kier molecular flexibility index (Phi) is 7.65. The molecular weight excluding hydrogens is 514 g/mol. The van der Waals surface area contributed by atoms with Gasteiger partial charge in [0.2, 0.25) is 5.91 Å². The van der Waals surface area contributed by atoms with Crippen LogP contribution in [0.4, 0.5) is 11.4 Å². The summed E-state index contributed by atoms with van der Waals surface area (Å²) in [6, 6.07) is 22.1. The first-order valence-corrected chi connectivity index (χ1v) is 14.5. The summed E-state index contributed by atoms with van der Waals surface area (Å²) in [6.07, 6.45) is 5.33. The van der Waals surface area contributed by atoms with Crippen LogP contribution in [0.3, 0.4) is 0 Å². The normalized spacial score (nSPS) is 19.0. The van der Waals surface area contributed by atoms with Gasteiger partial charge in [-0.2, -0.15) is 0 Å². The van der Waals surface area contributed by atoms with E-state index in [1.165, 1.54) is 0 Å². The Labute approximate surface area is 240 Å². The van der Waals surface area contributed by atoms with E-state index in [0.29, 0.717) is 24.5 Å². The number of ether oxygens (including phenoxy) is 1. The highest BCUT2D eigenvalue weighted by Crippen LogP contribution is 2.35. The summed E-state index contributed by atoms with van der Waals surface area (Å²) in [5.41, 5.74) is 11.1. The number of fused-ring (bicyclic) bond motifs is 2. The number of rotatable bonds is 8. The van der Waals surface area contributed by atoms with E-state index in [9.17, 15) is 9.59 Å². The number of carbonyl (C=O) groups excluding carboxylic acids is 2. The highest BCUT2D eigenvalue weighted by atomic mass is 16.5. The summed E-state index contributed by atoms with van der Waals surface area (Å²) in [5, 5.41) is 4.64. The van der Waals surface area contributed by atoms with Gasteiger partial charge in [-0.05, 0) is 98.6 Å². The molecule has 41 heavy (non-hydrogen) atoms. The summed E-state index contributed by atoms with van der Waals surface area (Å²) in [5.74, 6) is 0.372. The number of anilines is 2. The first-order valence-electron chi connectivity index (χ1n) is 14.5. The second-order valence-corrected chi connectivity index (χ2v) is 11.1. The molecule has 1 saturated heterocycles. The van der Waals surface area contributed by atoms with E-state index in [2.05, 4.69) is 40.3 Å². The Morgan fingerprint density at radius 3 is 2.78 bits per heavy atom. The first-order chi connectivity index (χ1) is 20.0. The topological polar surface area (TPSA) is 104 Å². The molecule has 1 aromatic heterocycles. The Hall–Kier alpha value is -4.30. The summed E-state index contributed by atoms with van der Waals surface area (Å²) in [4.78, 5) is 33.0. The molecule has 1 fully saturated rings. The number of nitrogens with zero attached hydrogens (tertiary/aromatic N) is 2. The van der Waals surface area contributed by atoms with Gasteiger partial charge in [-0.25, -0.2) is 0 Å². The lowest BCUT2D eigenvalue weighted by atomic mass is 10.0. The number of aromatic nitrogens is 1. The van der Waals surface area contributed by atoms with Crippen molar-refractivity contribution in [3.05, 3.63) is 78.5 Å². The Morgan fingerprint density at radius 2 is 1.90 bits per heavy atom. The minimum absolute atomic E-state index is 0.0489. The van der Waals surface area contributed by atoms with Gasteiger partial charge in [0.1, 0.15) is 5.75 Å². The van der Waals surface area contributed by atoms with Crippen LogP contribution < -0.4 is 20.7 Å². The maximum atomic E-state index is 14.0. The minimum atomic E-state index is -0.253. The summed E-state index contributed by atoms with van der Waals surface area (Å²) in [6.45, 7) is 4.85. The van der Waals surface area contributed by atoms with Gasteiger partial charge in [-0.15, -0.1) is 0 Å². The highest BCUT2D eigenvalue weighted by molar-refractivity contribution is 6.08. The van der Waals surface area contributed by atoms with E-state index < -0.39 is 0 Å². The molecule has 2 aliphatic heterocycles. The molecule has 8 nitrogen and oxygen atoms in total. The van der Waals surface area contributed by atoms with Crippen LogP contribution in [0.25, 0.3) is 22.0 Å². The fourth-order valence-electron chi connectivity index (χ4n) is 6.08. The molecule has 0 bridgehead atoms. The zero-order valence-electron chi connectivity index (χ0n) is 23.4. The average Bonchev–Trinajstić information content (AvgIpc) is 3.62. The molecule has 8 heteroatoms. The lowest BCUT2D eigenvalue weighted by Gasteiger charge is -2.23. The molecule has 3 heterocycles. The van der Waals surface area contributed by atoms with Crippen LogP contribution in [0.5, 0.6) is 5.75 Å². The maximum absolute atomic E-state index is 14.0. The van der Waals surface area contributed by atoms with Gasteiger partial charge in [0.15, 0.2) is 0 Å². The minimum Gasteiger partial charge on any atom is -0.493 e. The van der Waals surface area contributed by atoms with Crippen molar-refractivity contribution in [3.63, 3.8) is 0 Å². The van der Waals surface area contributed by atoms with Gasteiger partial charge in [0.05, 0.1) is 24.0 Å². The molecular formula is C33H37N5O3. The molecule has 0 unspecified atom stereocenters. The number of carbonyl (C=O) groups is 2. The van der Waals surface area contributed by atoms with Gasteiger partial charge in [0.25, 0.3) is 5.91 Å². The van der Waals surface area contributed by atoms with Gasteiger partial charge in [-0.1, -0.05) is 18.2 Å². The van der Waals surface area contributed by atoms with Gasteiger partial charge in [-0.3, -0.25) is 14.5 Å². The molecule has 0 radical (unpaired) electrons. The van der Waals surface area contributed by atoms with Gasteiger partial charge in [0, 0.05) is 42.0 Å². The van der Waals surface area contributed by atoms with E-state index in [-0.39, 0.29) is 23.9 Å². The van der Waals surface area contributed by atoms with Crippen molar-refractivity contribution in [1.82, 2.24) is 9.88 Å². The molecule has 2 aliphatic rings. The van der Waals surface area contributed by atoms with Crippen LogP contribution in [0.2, 0.25) is 0 Å². The van der Waals surface area contributed by atoms with Crippen molar-refractivity contribution in [1.29, 1.82) is 0 Å². The van der Waals surface area contributed by atoms with Crippen molar-refractivity contribution in [3.8, 4) is 16.9 Å². The smallest absolute Gasteiger partial charge is 0.258 e. The van der Waals surface area contributed by atoms with Gasteiger partial charge >= 0.3 is 0 Å². The number of H-pyrrole nitrogens is 1. The second kappa shape index (κ2) is 11.7. The highest BCUT2D eigenvalue weighted by Gasteiger charge is 2.28. The van der Waals surface area contributed by atoms with Crippen molar-refractivity contribution in [2.45, 2.75) is 44.7 Å². The zero-order valence-corrected chi connectivity index (χ0v) is 23.4. The van der Waals surface area contributed by atoms with E-state index >= 15 is 0 Å². The molecule has 4 aromatic rings. The van der Waals surface area contributed by atoms with Crippen molar-refractivity contribution in [2.24, 2.45) is 5.73 Å². The lowest BCUT2D eigenvalue weighted by Crippen LogP contribution is -2.40. The van der Waals surface area contributed by atoms with Crippen molar-refractivity contribution in [2.75, 3.05) is 36.5 Å². The number of hydrogen-bond acceptors (Lipinski definition) is 5. The molecule has 6 rings (SSSR count). The lowest BCUT2D eigenvalue weighted by molar-refractivity contribution is -0.122. The summed E-state index contributed by atoms with van der Waals surface area (Å²) >= 11 is 0. The van der Waals surface area contributed by atoms with Crippen LogP contribution in [-0.4, -0.2) is 60.0 Å². The third-order valence-electron chi connectivity index (χ3n) is 8.26. The van der Waals surface area contributed by atoms with E-state index in [0.717, 1.165) is 72.2 Å². The molecule has 4 N–H and O–H groups in total. The van der Waals surface area contributed by atoms with Crippen LogP contribution in [0.1, 0.15) is 43.0 Å².